The Hall–Kier alpha value is -1.41. The molecule has 0 fully saturated rings. The summed E-state index contributed by atoms with van der Waals surface area (Å²) in [7, 11) is 0. The van der Waals surface area contributed by atoms with Gasteiger partial charge in [0.1, 0.15) is 0 Å². The van der Waals surface area contributed by atoms with Crippen molar-refractivity contribution >= 4 is 28.1 Å². The number of fused-ring (bicyclic) bond motifs is 1. The second-order valence-electron chi connectivity index (χ2n) is 2.75. The lowest BCUT2D eigenvalue weighted by atomic mass is 10.1. The average molecular weight is 191 g/mol. The third-order valence-corrected chi connectivity index (χ3v) is 2.18. The van der Waals surface area contributed by atoms with Crippen molar-refractivity contribution in [3.8, 4) is 0 Å². The Morgan fingerprint density at radius 2 is 2.00 bits per heavy atom. The highest BCUT2D eigenvalue weighted by Gasteiger charge is 1.99. The molecule has 2 nitrogen and oxygen atoms in total. The van der Waals surface area contributed by atoms with Crippen molar-refractivity contribution in [3.63, 3.8) is 0 Å². The normalized spacial score (nSPS) is 10.2. The van der Waals surface area contributed by atoms with Crippen LogP contribution in [0.4, 0.5) is 5.69 Å². The topological polar surface area (TPSA) is 36.2 Å². The Kier molecular flexibility index (Phi) is 1.99. The van der Waals surface area contributed by atoms with E-state index in [-0.39, 0.29) is 0 Å². The van der Waals surface area contributed by atoms with Gasteiger partial charge in [0, 0.05) is 10.4 Å². The molecule has 0 unspecified atom stereocenters. The summed E-state index contributed by atoms with van der Waals surface area (Å²) in [6.07, 6.45) is 0. The number of hydrogen-bond donors (Lipinski definition) is 1. The first-order valence-corrected chi connectivity index (χ1v) is 4.25. The van der Waals surface area contributed by atoms with E-state index in [0.29, 0.717) is 10.7 Å². The molecule has 64 valence electrons. The number of benzene rings is 2. The summed E-state index contributed by atoms with van der Waals surface area (Å²) in [5, 5.41) is 6.08. The fraction of sp³-hybridized carbons (Fsp3) is 0. The molecule has 0 saturated carbocycles. The third kappa shape index (κ3) is 1.40. The van der Waals surface area contributed by atoms with Crippen molar-refractivity contribution in [2.75, 3.05) is 0 Å². The Bertz CT molecular complexity index is 465. The van der Waals surface area contributed by atoms with Crippen LogP contribution in [-0.4, -0.2) is 0 Å². The fourth-order valence-corrected chi connectivity index (χ4v) is 1.50. The maximum absolute atomic E-state index is 6.98. The van der Waals surface area contributed by atoms with E-state index in [1.54, 1.807) is 6.07 Å². The Morgan fingerprint density at radius 1 is 1.15 bits per heavy atom. The van der Waals surface area contributed by atoms with Gasteiger partial charge in [-0.3, -0.25) is 0 Å². The lowest BCUT2D eigenvalue weighted by Gasteiger charge is -2.00. The standard InChI is InChI=1S/C10H7ClN2/c11-8-5-4-7-2-1-3-10(13-12)9(7)6-8/h1-6,12H. The summed E-state index contributed by atoms with van der Waals surface area (Å²) in [5.74, 6) is 0. The summed E-state index contributed by atoms with van der Waals surface area (Å²) in [4.78, 5) is 0. The molecule has 0 saturated heterocycles. The molecule has 2 rings (SSSR count). The van der Waals surface area contributed by atoms with Crippen molar-refractivity contribution in [2.45, 2.75) is 0 Å². The van der Waals surface area contributed by atoms with Crippen LogP contribution in [-0.2, 0) is 0 Å². The number of nitrogens with zero attached hydrogens (tertiary/aromatic N) is 1. The van der Waals surface area contributed by atoms with Gasteiger partial charge >= 0.3 is 0 Å². The zero-order chi connectivity index (χ0) is 9.26. The summed E-state index contributed by atoms with van der Waals surface area (Å²) >= 11 is 5.84. The largest absolute Gasteiger partial charge is 0.204 e. The predicted octanol–water partition coefficient (Wildman–Crippen LogP) is 4.16. The van der Waals surface area contributed by atoms with Crippen LogP contribution < -0.4 is 0 Å². The summed E-state index contributed by atoms with van der Waals surface area (Å²) in [6.45, 7) is 0. The molecule has 3 heteroatoms. The van der Waals surface area contributed by atoms with Crippen molar-refractivity contribution in [1.82, 2.24) is 0 Å². The Balaban J connectivity index is 2.86. The van der Waals surface area contributed by atoms with Gasteiger partial charge in [-0.25, -0.2) is 5.53 Å². The van der Waals surface area contributed by atoms with Crippen LogP contribution in [0.1, 0.15) is 0 Å². The van der Waals surface area contributed by atoms with Crippen molar-refractivity contribution in [1.29, 1.82) is 5.53 Å². The highest BCUT2D eigenvalue weighted by Crippen LogP contribution is 2.27. The minimum Gasteiger partial charge on any atom is -0.204 e. The molecule has 0 spiro atoms. The average Bonchev–Trinajstić information content (AvgIpc) is 2.17. The molecule has 0 radical (unpaired) electrons. The SMILES string of the molecule is N=Nc1cccc2ccc(Cl)cc12. The molecule has 0 aromatic heterocycles. The smallest absolute Gasteiger partial charge is 0.0928 e. The molecule has 0 bridgehead atoms. The van der Waals surface area contributed by atoms with E-state index in [2.05, 4.69) is 5.11 Å². The van der Waals surface area contributed by atoms with Crippen molar-refractivity contribution in [3.05, 3.63) is 41.4 Å². The van der Waals surface area contributed by atoms with Gasteiger partial charge < -0.3 is 0 Å². The van der Waals surface area contributed by atoms with Crippen molar-refractivity contribution in [2.24, 2.45) is 5.11 Å². The molecule has 2 aromatic carbocycles. The fourth-order valence-electron chi connectivity index (χ4n) is 1.33. The van der Waals surface area contributed by atoms with Gasteiger partial charge in [-0.1, -0.05) is 29.8 Å². The molecule has 0 amide bonds. The van der Waals surface area contributed by atoms with Crippen LogP contribution in [0.25, 0.3) is 10.8 Å². The lowest BCUT2D eigenvalue weighted by Crippen LogP contribution is -1.72. The second kappa shape index (κ2) is 3.15. The Labute approximate surface area is 80.7 Å². The lowest BCUT2D eigenvalue weighted by molar-refractivity contribution is 1.16. The van der Waals surface area contributed by atoms with Crippen LogP contribution in [0.15, 0.2) is 41.5 Å². The van der Waals surface area contributed by atoms with Gasteiger partial charge in [0.05, 0.1) is 5.69 Å². The van der Waals surface area contributed by atoms with Crippen LogP contribution >= 0.6 is 11.6 Å². The number of rotatable bonds is 1. The summed E-state index contributed by atoms with van der Waals surface area (Å²) in [6, 6.07) is 11.2. The number of halogens is 1. The predicted molar refractivity (Wildman–Crippen MR) is 53.8 cm³/mol. The molecular weight excluding hydrogens is 184 g/mol. The molecule has 13 heavy (non-hydrogen) atoms. The molecular formula is C10H7ClN2. The maximum atomic E-state index is 6.98. The van der Waals surface area contributed by atoms with Gasteiger partial charge in [-0.15, -0.1) is 0 Å². The van der Waals surface area contributed by atoms with E-state index in [1.165, 1.54) is 0 Å². The zero-order valence-electron chi connectivity index (χ0n) is 6.79. The van der Waals surface area contributed by atoms with Crippen LogP contribution in [0.5, 0.6) is 0 Å². The summed E-state index contributed by atoms with van der Waals surface area (Å²) < 4.78 is 0. The van der Waals surface area contributed by atoms with E-state index >= 15 is 0 Å². The number of nitrogens with one attached hydrogen (secondary N) is 1. The van der Waals surface area contributed by atoms with E-state index in [9.17, 15) is 0 Å². The van der Waals surface area contributed by atoms with Crippen molar-refractivity contribution < 1.29 is 0 Å². The highest BCUT2D eigenvalue weighted by atomic mass is 35.5. The van der Waals surface area contributed by atoms with Gasteiger partial charge in [0.15, 0.2) is 0 Å². The molecule has 0 aliphatic carbocycles. The van der Waals surface area contributed by atoms with Crippen LogP contribution in [0, 0.1) is 5.53 Å². The first kappa shape index (κ1) is 8.20. The van der Waals surface area contributed by atoms with Gasteiger partial charge in [0.25, 0.3) is 0 Å². The molecule has 0 heterocycles. The summed E-state index contributed by atoms with van der Waals surface area (Å²) in [5.41, 5.74) is 7.63. The number of hydrogen-bond acceptors (Lipinski definition) is 2. The Morgan fingerprint density at radius 3 is 2.77 bits per heavy atom. The molecule has 1 N–H and O–H groups in total. The maximum Gasteiger partial charge on any atom is 0.0928 e. The van der Waals surface area contributed by atoms with Crippen LogP contribution in [0.3, 0.4) is 0 Å². The molecule has 0 aliphatic heterocycles. The van der Waals surface area contributed by atoms with E-state index in [0.717, 1.165) is 10.8 Å². The zero-order valence-corrected chi connectivity index (χ0v) is 7.55. The minimum absolute atomic E-state index is 0.653. The van der Waals surface area contributed by atoms with Gasteiger partial charge in [-0.2, -0.15) is 5.11 Å². The highest BCUT2D eigenvalue weighted by molar-refractivity contribution is 6.31. The van der Waals surface area contributed by atoms with E-state index < -0.39 is 0 Å². The second-order valence-corrected chi connectivity index (χ2v) is 3.19. The molecule has 0 aliphatic rings. The quantitative estimate of drug-likeness (QED) is 0.656. The molecule has 2 aromatic rings. The minimum atomic E-state index is 0.653. The molecule has 0 atom stereocenters. The first-order valence-electron chi connectivity index (χ1n) is 3.87. The van der Waals surface area contributed by atoms with Gasteiger partial charge in [-0.05, 0) is 23.6 Å². The van der Waals surface area contributed by atoms with E-state index in [4.69, 9.17) is 17.1 Å². The first-order chi connectivity index (χ1) is 6.31. The van der Waals surface area contributed by atoms with Gasteiger partial charge in [0.2, 0.25) is 0 Å². The van der Waals surface area contributed by atoms with Crippen LogP contribution in [0.2, 0.25) is 5.02 Å². The monoisotopic (exact) mass is 190 g/mol. The van der Waals surface area contributed by atoms with E-state index in [1.807, 2.05) is 30.3 Å². The third-order valence-electron chi connectivity index (χ3n) is 1.94.